The first-order valence-corrected chi connectivity index (χ1v) is 9.66. The van der Waals surface area contributed by atoms with Crippen molar-refractivity contribution in [1.29, 1.82) is 0 Å². The molecule has 1 amide bonds. The lowest BCUT2D eigenvalue weighted by molar-refractivity contribution is -0.131. The van der Waals surface area contributed by atoms with Crippen molar-refractivity contribution in [2.45, 2.75) is 33.2 Å². The monoisotopic (exact) mass is 350 g/mol. The Morgan fingerprint density at radius 2 is 2.30 bits per heavy atom. The van der Waals surface area contributed by atoms with Crippen LogP contribution in [0.25, 0.3) is 0 Å². The van der Waals surface area contributed by atoms with Crippen LogP contribution < -0.4 is 5.32 Å². The lowest BCUT2D eigenvalue weighted by Crippen LogP contribution is -2.36. The third kappa shape index (κ3) is 4.37. The molecule has 1 fully saturated rings. The van der Waals surface area contributed by atoms with Crippen LogP contribution in [-0.4, -0.2) is 40.4 Å². The first-order valence-electron chi connectivity index (χ1n) is 7.90. The molecule has 0 spiro atoms. The van der Waals surface area contributed by atoms with Crippen molar-refractivity contribution in [3.8, 4) is 0 Å². The number of nitrogens with one attached hydrogen (secondary N) is 1. The van der Waals surface area contributed by atoms with Crippen LogP contribution in [0.3, 0.4) is 0 Å². The van der Waals surface area contributed by atoms with Crippen LogP contribution in [0.5, 0.6) is 0 Å². The lowest BCUT2D eigenvalue weighted by atomic mass is 10.1. The Morgan fingerprint density at radius 1 is 1.43 bits per heavy atom. The van der Waals surface area contributed by atoms with Gasteiger partial charge in [0.15, 0.2) is 0 Å². The van der Waals surface area contributed by atoms with E-state index in [4.69, 9.17) is 0 Å². The fraction of sp³-hybridized carbons (Fsp3) is 0.562. The molecule has 3 rings (SSSR count). The molecule has 23 heavy (non-hydrogen) atoms. The van der Waals surface area contributed by atoms with Gasteiger partial charge in [0.05, 0.1) is 34.9 Å². The van der Waals surface area contributed by atoms with Gasteiger partial charge in [-0.3, -0.25) is 4.79 Å². The summed E-state index contributed by atoms with van der Waals surface area (Å²) in [5, 5.41) is 6.38. The Labute approximate surface area is 144 Å². The minimum Gasteiger partial charge on any atom is -0.337 e. The minimum absolute atomic E-state index is 0.162. The number of aryl methyl sites for hydroxylation is 2. The third-order valence-corrected chi connectivity index (χ3v) is 5.91. The van der Waals surface area contributed by atoms with E-state index in [-0.39, 0.29) is 5.91 Å². The molecular formula is C16H22N4OS2. The molecule has 0 aliphatic carbocycles. The number of hydrogen-bond donors (Lipinski definition) is 1. The molecule has 1 atom stereocenters. The number of hydrogen-bond acceptors (Lipinski definition) is 6. The van der Waals surface area contributed by atoms with Gasteiger partial charge in [0.1, 0.15) is 0 Å². The third-order valence-electron chi connectivity index (χ3n) is 4.17. The number of aromatic nitrogens is 2. The molecule has 1 saturated heterocycles. The molecule has 3 heterocycles. The summed E-state index contributed by atoms with van der Waals surface area (Å²) in [6, 6.07) is 0. The van der Waals surface area contributed by atoms with Crippen LogP contribution in [0.2, 0.25) is 0 Å². The van der Waals surface area contributed by atoms with Gasteiger partial charge in [0, 0.05) is 16.8 Å². The van der Waals surface area contributed by atoms with Gasteiger partial charge in [-0.15, -0.1) is 22.7 Å². The second kappa shape index (κ2) is 7.51. The van der Waals surface area contributed by atoms with Crippen molar-refractivity contribution >= 4 is 28.6 Å². The van der Waals surface area contributed by atoms with Gasteiger partial charge in [0.2, 0.25) is 5.91 Å². The summed E-state index contributed by atoms with van der Waals surface area (Å²) in [5.41, 5.74) is 3.77. The first kappa shape index (κ1) is 16.5. The topological polar surface area (TPSA) is 58.1 Å². The van der Waals surface area contributed by atoms with Gasteiger partial charge >= 0.3 is 0 Å². The minimum atomic E-state index is 0.162. The zero-order valence-corrected chi connectivity index (χ0v) is 15.2. The van der Waals surface area contributed by atoms with E-state index in [0.29, 0.717) is 18.9 Å². The van der Waals surface area contributed by atoms with Gasteiger partial charge in [-0.2, -0.15) is 0 Å². The van der Waals surface area contributed by atoms with Gasteiger partial charge in [-0.25, -0.2) is 9.97 Å². The van der Waals surface area contributed by atoms with Crippen LogP contribution in [-0.2, 0) is 17.8 Å². The van der Waals surface area contributed by atoms with Crippen LogP contribution in [0.4, 0.5) is 0 Å². The van der Waals surface area contributed by atoms with Crippen molar-refractivity contribution in [3.63, 3.8) is 0 Å². The highest BCUT2D eigenvalue weighted by atomic mass is 32.1. The number of thiazole rings is 2. The average molecular weight is 351 g/mol. The smallest absolute Gasteiger partial charge is 0.228 e. The number of rotatable bonds is 6. The largest absolute Gasteiger partial charge is 0.337 e. The van der Waals surface area contributed by atoms with Crippen LogP contribution >= 0.6 is 22.7 Å². The van der Waals surface area contributed by atoms with Gasteiger partial charge in [-0.05, 0) is 39.3 Å². The zero-order valence-electron chi connectivity index (χ0n) is 13.5. The highest BCUT2D eigenvalue weighted by Crippen LogP contribution is 2.19. The van der Waals surface area contributed by atoms with E-state index in [2.05, 4.69) is 15.3 Å². The van der Waals surface area contributed by atoms with E-state index in [1.165, 1.54) is 4.88 Å². The molecule has 2 aromatic rings. The van der Waals surface area contributed by atoms with E-state index >= 15 is 0 Å². The standard InChI is InChI=1S/C16H22N4OS2/c1-11-15(23-10-18-11)8-20(7-13-3-4-17-6-13)16(21)5-14-9-22-12(2)19-14/h9-10,13,17H,3-8H2,1-2H3/t13-/m0/s1. The fourth-order valence-electron chi connectivity index (χ4n) is 2.84. The number of amides is 1. The Morgan fingerprint density at radius 3 is 2.91 bits per heavy atom. The Hall–Kier alpha value is -1.31. The van der Waals surface area contributed by atoms with Crippen molar-refractivity contribution in [2.75, 3.05) is 19.6 Å². The van der Waals surface area contributed by atoms with Gasteiger partial charge < -0.3 is 10.2 Å². The number of carbonyl (C=O) groups is 1. The van der Waals surface area contributed by atoms with Crippen LogP contribution in [0.1, 0.15) is 27.7 Å². The highest BCUT2D eigenvalue weighted by Gasteiger charge is 2.23. The quantitative estimate of drug-likeness (QED) is 0.869. The summed E-state index contributed by atoms with van der Waals surface area (Å²) in [7, 11) is 0. The number of nitrogens with zero attached hydrogens (tertiary/aromatic N) is 3. The summed E-state index contributed by atoms with van der Waals surface area (Å²) in [6.07, 6.45) is 1.53. The molecule has 1 aliphatic rings. The lowest BCUT2D eigenvalue weighted by Gasteiger charge is -2.25. The maximum Gasteiger partial charge on any atom is 0.228 e. The summed E-state index contributed by atoms with van der Waals surface area (Å²) in [5.74, 6) is 0.708. The fourth-order valence-corrected chi connectivity index (χ4v) is 4.25. The first-order chi connectivity index (χ1) is 11.1. The van der Waals surface area contributed by atoms with E-state index in [0.717, 1.165) is 42.5 Å². The summed E-state index contributed by atoms with van der Waals surface area (Å²) < 4.78 is 0. The van der Waals surface area contributed by atoms with Crippen molar-refractivity contribution in [2.24, 2.45) is 5.92 Å². The molecule has 1 N–H and O–H groups in total. The van der Waals surface area contributed by atoms with Crippen LogP contribution in [0, 0.1) is 19.8 Å². The highest BCUT2D eigenvalue weighted by molar-refractivity contribution is 7.09. The Kier molecular flexibility index (Phi) is 5.40. The Balaban J connectivity index is 1.70. The van der Waals surface area contributed by atoms with E-state index in [1.807, 2.05) is 29.6 Å². The maximum absolute atomic E-state index is 12.8. The maximum atomic E-state index is 12.8. The van der Waals surface area contributed by atoms with Crippen LogP contribution in [0.15, 0.2) is 10.9 Å². The molecule has 0 bridgehead atoms. The normalized spacial score (nSPS) is 17.6. The second-order valence-corrected chi connectivity index (χ2v) is 8.03. The van der Waals surface area contributed by atoms with E-state index in [1.54, 1.807) is 22.7 Å². The van der Waals surface area contributed by atoms with Gasteiger partial charge in [-0.1, -0.05) is 0 Å². The SMILES string of the molecule is Cc1nc(CC(=O)N(Cc2scnc2C)C[C@H]2CCNC2)cs1. The summed E-state index contributed by atoms with van der Waals surface area (Å²) >= 11 is 3.23. The molecule has 7 heteroatoms. The second-order valence-electron chi connectivity index (χ2n) is 6.03. The molecular weight excluding hydrogens is 328 g/mol. The van der Waals surface area contributed by atoms with E-state index in [9.17, 15) is 4.79 Å². The van der Waals surface area contributed by atoms with Crippen molar-refractivity contribution in [3.05, 3.63) is 32.2 Å². The molecule has 0 saturated carbocycles. The molecule has 0 unspecified atom stereocenters. The predicted molar refractivity (Wildman–Crippen MR) is 93.8 cm³/mol. The summed E-state index contributed by atoms with van der Waals surface area (Å²) in [4.78, 5) is 24.7. The molecule has 1 aliphatic heterocycles. The molecule has 2 aromatic heterocycles. The van der Waals surface area contributed by atoms with Crippen molar-refractivity contribution < 1.29 is 4.79 Å². The molecule has 124 valence electrons. The molecule has 5 nitrogen and oxygen atoms in total. The molecule has 0 radical (unpaired) electrons. The average Bonchev–Trinajstić information content (AvgIpc) is 3.23. The molecule has 0 aromatic carbocycles. The predicted octanol–water partition coefficient (Wildman–Crippen LogP) is 2.40. The zero-order chi connectivity index (χ0) is 16.2. The number of carbonyl (C=O) groups excluding carboxylic acids is 1. The van der Waals surface area contributed by atoms with E-state index < -0.39 is 0 Å². The Bertz CT molecular complexity index is 661. The summed E-state index contributed by atoms with van der Waals surface area (Å²) in [6.45, 7) is 7.51. The van der Waals surface area contributed by atoms with Crippen molar-refractivity contribution in [1.82, 2.24) is 20.2 Å². The van der Waals surface area contributed by atoms with Gasteiger partial charge in [0.25, 0.3) is 0 Å².